The molecule has 0 unspecified atom stereocenters. The molecule has 25 heavy (non-hydrogen) atoms. The number of rotatable bonds is 6. The minimum Gasteiger partial charge on any atom is -0.497 e. The Morgan fingerprint density at radius 1 is 0.960 bits per heavy atom. The molecule has 1 fully saturated rings. The lowest BCUT2D eigenvalue weighted by atomic mass is 10.1. The maximum Gasteiger partial charge on any atom is 0.255 e. The molecule has 0 heterocycles. The summed E-state index contributed by atoms with van der Waals surface area (Å²) in [6, 6.07) is 12.0. The van der Waals surface area contributed by atoms with Crippen LogP contribution < -0.4 is 20.1 Å². The number of amides is 2. The molecule has 0 aliphatic heterocycles. The van der Waals surface area contributed by atoms with E-state index in [2.05, 4.69) is 10.6 Å². The first-order valence-electron chi connectivity index (χ1n) is 8.05. The Balaban J connectivity index is 1.67. The van der Waals surface area contributed by atoms with Gasteiger partial charge >= 0.3 is 0 Å². The zero-order valence-electron chi connectivity index (χ0n) is 14.2. The standard InChI is InChI=1S/C19H20N2O4/c1-24-15-9-10-16(17(11-15)25-2)21-19(23)13-5-7-14(8-6-13)20-18(22)12-3-4-12/h5-12H,3-4H2,1-2H3,(H,20,22)(H,21,23). The quantitative estimate of drug-likeness (QED) is 0.846. The third-order valence-corrected chi connectivity index (χ3v) is 4.02. The predicted molar refractivity (Wildman–Crippen MR) is 95.3 cm³/mol. The van der Waals surface area contributed by atoms with E-state index < -0.39 is 0 Å². The Hall–Kier alpha value is -3.02. The third-order valence-electron chi connectivity index (χ3n) is 4.02. The van der Waals surface area contributed by atoms with E-state index in [1.807, 2.05) is 0 Å². The van der Waals surface area contributed by atoms with E-state index in [0.29, 0.717) is 28.4 Å². The Kier molecular flexibility index (Phi) is 4.88. The molecule has 0 aromatic heterocycles. The molecule has 2 N–H and O–H groups in total. The summed E-state index contributed by atoms with van der Waals surface area (Å²) in [5.74, 6) is 1.08. The lowest BCUT2D eigenvalue weighted by molar-refractivity contribution is -0.117. The SMILES string of the molecule is COc1ccc(NC(=O)c2ccc(NC(=O)C3CC3)cc2)c(OC)c1. The number of benzene rings is 2. The van der Waals surface area contributed by atoms with Crippen LogP contribution in [0, 0.1) is 5.92 Å². The summed E-state index contributed by atoms with van der Waals surface area (Å²) < 4.78 is 10.4. The average Bonchev–Trinajstić information content (AvgIpc) is 3.47. The highest BCUT2D eigenvalue weighted by molar-refractivity contribution is 6.05. The number of hydrogen-bond donors (Lipinski definition) is 2. The van der Waals surface area contributed by atoms with Crippen molar-refractivity contribution in [1.29, 1.82) is 0 Å². The van der Waals surface area contributed by atoms with Crippen LogP contribution in [0.3, 0.4) is 0 Å². The average molecular weight is 340 g/mol. The molecule has 6 heteroatoms. The monoisotopic (exact) mass is 340 g/mol. The molecule has 0 atom stereocenters. The molecule has 2 amide bonds. The van der Waals surface area contributed by atoms with Gasteiger partial charge in [0.05, 0.1) is 19.9 Å². The zero-order chi connectivity index (χ0) is 17.8. The van der Waals surface area contributed by atoms with Crippen LogP contribution in [0.15, 0.2) is 42.5 Å². The van der Waals surface area contributed by atoms with E-state index in [4.69, 9.17) is 9.47 Å². The third kappa shape index (κ3) is 4.09. The van der Waals surface area contributed by atoms with Crippen LogP contribution in [-0.2, 0) is 4.79 Å². The van der Waals surface area contributed by atoms with Crippen LogP contribution >= 0.6 is 0 Å². The second-order valence-corrected chi connectivity index (χ2v) is 5.86. The number of carbonyl (C=O) groups is 2. The van der Waals surface area contributed by atoms with Gasteiger partial charge in [0.1, 0.15) is 11.5 Å². The number of ether oxygens (including phenoxy) is 2. The molecule has 1 aliphatic rings. The topological polar surface area (TPSA) is 76.7 Å². The van der Waals surface area contributed by atoms with E-state index in [9.17, 15) is 9.59 Å². The smallest absolute Gasteiger partial charge is 0.255 e. The molecule has 0 bridgehead atoms. The second-order valence-electron chi connectivity index (χ2n) is 5.86. The molecule has 0 saturated heterocycles. The lowest BCUT2D eigenvalue weighted by Gasteiger charge is -2.12. The summed E-state index contributed by atoms with van der Waals surface area (Å²) in [5, 5.41) is 5.66. The van der Waals surface area contributed by atoms with Gasteiger partial charge in [-0.2, -0.15) is 0 Å². The van der Waals surface area contributed by atoms with Gasteiger partial charge in [-0.25, -0.2) is 0 Å². The lowest BCUT2D eigenvalue weighted by Crippen LogP contribution is -2.14. The van der Waals surface area contributed by atoms with Crippen molar-refractivity contribution >= 4 is 23.2 Å². The van der Waals surface area contributed by atoms with Crippen LogP contribution in [0.25, 0.3) is 0 Å². The van der Waals surface area contributed by atoms with Crippen LogP contribution in [0.5, 0.6) is 11.5 Å². The van der Waals surface area contributed by atoms with Crippen molar-refractivity contribution < 1.29 is 19.1 Å². The number of hydrogen-bond acceptors (Lipinski definition) is 4. The number of nitrogens with one attached hydrogen (secondary N) is 2. The van der Waals surface area contributed by atoms with Crippen molar-refractivity contribution in [3.63, 3.8) is 0 Å². The largest absolute Gasteiger partial charge is 0.497 e. The first-order chi connectivity index (χ1) is 12.1. The van der Waals surface area contributed by atoms with Crippen molar-refractivity contribution in [2.45, 2.75) is 12.8 Å². The summed E-state index contributed by atoms with van der Waals surface area (Å²) in [5.41, 5.74) is 1.73. The van der Waals surface area contributed by atoms with E-state index in [-0.39, 0.29) is 17.7 Å². The summed E-state index contributed by atoms with van der Waals surface area (Å²) in [6.45, 7) is 0. The Labute approximate surface area is 146 Å². The summed E-state index contributed by atoms with van der Waals surface area (Å²) in [6.07, 6.45) is 1.91. The molecule has 3 rings (SSSR count). The van der Waals surface area contributed by atoms with Crippen molar-refractivity contribution in [2.75, 3.05) is 24.9 Å². The van der Waals surface area contributed by atoms with Crippen LogP contribution in [0.2, 0.25) is 0 Å². The number of methoxy groups -OCH3 is 2. The Morgan fingerprint density at radius 3 is 2.28 bits per heavy atom. The molecule has 1 aliphatic carbocycles. The number of carbonyl (C=O) groups excluding carboxylic acids is 2. The molecule has 0 spiro atoms. The highest BCUT2D eigenvalue weighted by Crippen LogP contribution is 2.31. The molecule has 2 aromatic rings. The molecule has 130 valence electrons. The van der Waals surface area contributed by atoms with Gasteiger partial charge in [-0.05, 0) is 49.2 Å². The van der Waals surface area contributed by atoms with Crippen LogP contribution in [0.4, 0.5) is 11.4 Å². The highest BCUT2D eigenvalue weighted by Gasteiger charge is 2.29. The molecule has 0 radical (unpaired) electrons. The molecular weight excluding hydrogens is 320 g/mol. The molecule has 1 saturated carbocycles. The summed E-state index contributed by atoms with van der Waals surface area (Å²) >= 11 is 0. The maximum atomic E-state index is 12.4. The molecule has 6 nitrogen and oxygen atoms in total. The fourth-order valence-electron chi connectivity index (χ4n) is 2.39. The predicted octanol–water partition coefficient (Wildman–Crippen LogP) is 3.30. The molecule has 2 aromatic carbocycles. The van der Waals surface area contributed by atoms with Gasteiger partial charge in [0, 0.05) is 23.2 Å². The summed E-state index contributed by atoms with van der Waals surface area (Å²) in [4.78, 5) is 24.1. The van der Waals surface area contributed by atoms with Crippen molar-refractivity contribution in [2.24, 2.45) is 5.92 Å². The second kappa shape index (κ2) is 7.25. The van der Waals surface area contributed by atoms with Crippen molar-refractivity contribution in [3.05, 3.63) is 48.0 Å². The molecular formula is C19H20N2O4. The zero-order valence-corrected chi connectivity index (χ0v) is 14.2. The van der Waals surface area contributed by atoms with Gasteiger partial charge < -0.3 is 20.1 Å². The van der Waals surface area contributed by atoms with E-state index in [1.54, 1.807) is 49.6 Å². The fourth-order valence-corrected chi connectivity index (χ4v) is 2.39. The van der Waals surface area contributed by atoms with Gasteiger partial charge in [0.25, 0.3) is 5.91 Å². The maximum absolute atomic E-state index is 12.4. The van der Waals surface area contributed by atoms with Gasteiger partial charge in [0.2, 0.25) is 5.91 Å². The van der Waals surface area contributed by atoms with Gasteiger partial charge in [0.15, 0.2) is 0 Å². The Morgan fingerprint density at radius 2 is 1.68 bits per heavy atom. The van der Waals surface area contributed by atoms with Gasteiger partial charge in [-0.1, -0.05) is 0 Å². The van der Waals surface area contributed by atoms with E-state index in [0.717, 1.165) is 12.8 Å². The van der Waals surface area contributed by atoms with Crippen LogP contribution in [-0.4, -0.2) is 26.0 Å². The Bertz CT molecular complexity index is 783. The fraction of sp³-hybridized carbons (Fsp3) is 0.263. The first-order valence-corrected chi connectivity index (χ1v) is 8.05. The van der Waals surface area contributed by atoms with Crippen LogP contribution in [0.1, 0.15) is 23.2 Å². The van der Waals surface area contributed by atoms with E-state index >= 15 is 0 Å². The first kappa shape index (κ1) is 16.8. The number of anilines is 2. The van der Waals surface area contributed by atoms with Gasteiger partial charge in [-0.15, -0.1) is 0 Å². The highest BCUT2D eigenvalue weighted by atomic mass is 16.5. The normalized spacial score (nSPS) is 13.0. The summed E-state index contributed by atoms with van der Waals surface area (Å²) in [7, 11) is 3.10. The van der Waals surface area contributed by atoms with Gasteiger partial charge in [-0.3, -0.25) is 9.59 Å². The minimum absolute atomic E-state index is 0.0418. The van der Waals surface area contributed by atoms with Crippen molar-refractivity contribution in [1.82, 2.24) is 0 Å². The minimum atomic E-state index is -0.261. The van der Waals surface area contributed by atoms with E-state index in [1.165, 1.54) is 7.11 Å². The van der Waals surface area contributed by atoms with Crippen molar-refractivity contribution in [3.8, 4) is 11.5 Å².